The van der Waals surface area contributed by atoms with Gasteiger partial charge in [-0.05, 0) is 29.5 Å². The molecule has 1 aliphatic rings. The van der Waals surface area contributed by atoms with E-state index in [4.69, 9.17) is 0 Å². The average Bonchev–Trinajstić information content (AvgIpc) is 2.52. The third kappa shape index (κ3) is 2.07. The van der Waals surface area contributed by atoms with Crippen molar-refractivity contribution in [3.8, 4) is 0 Å². The van der Waals surface area contributed by atoms with Crippen molar-refractivity contribution in [2.24, 2.45) is 0 Å². The van der Waals surface area contributed by atoms with Gasteiger partial charge in [-0.25, -0.2) is 0 Å². The fraction of sp³-hybridized carbons (Fsp3) is 0.500. The van der Waals surface area contributed by atoms with Gasteiger partial charge in [0.1, 0.15) is 0 Å². The molecule has 1 aromatic carbocycles. The van der Waals surface area contributed by atoms with Crippen LogP contribution in [0.2, 0.25) is 0 Å². The van der Waals surface area contributed by atoms with Crippen LogP contribution >= 0.6 is 0 Å². The van der Waals surface area contributed by atoms with Crippen LogP contribution in [0.1, 0.15) is 57.6 Å². The van der Waals surface area contributed by atoms with Crippen molar-refractivity contribution < 1.29 is 0 Å². The Kier molecular flexibility index (Phi) is 3.18. The predicted octanol–water partition coefficient (Wildman–Crippen LogP) is 4.94. The Morgan fingerprint density at radius 1 is 1.06 bits per heavy atom. The standard InChI is InChI=1S/C16H22/c1-4-5-6-9-13-12-16(2,3)15-11-8-7-10-14(13)15/h7-8,10-12H,4-6,9H2,1-3H3. The number of hydrogen-bond acceptors (Lipinski definition) is 0. The summed E-state index contributed by atoms with van der Waals surface area (Å²) in [5, 5.41) is 0. The molecule has 0 N–H and O–H groups in total. The zero-order chi connectivity index (χ0) is 11.6. The molecule has 2 rings (SSSR count). The third-order valence-electron chi connectivity index (χ3n) is 3.55. The number of benzene rings is 1. The van der Waals surface area contributed by atoms with Crippen LogP contribution in [0.25, 0.3) is 5.57 Å². The van der Waals surface area contributed by atoms with E-state index in [1.165, 1.54) is 36.8 Å². The van der Waals surface area contributed by atoms with Gasteiger partial charge in [0.05, 0.1) is 0 Å². The van der Waals surface area contributed by atoms with Gasteiger partial charge in [0, 0.05) is 5.41 Å². The van der Waals surface area contributed by atoms with Crippen molar-refractivity contribution in [1.82, 2.24) is 0 Å². The van der Waals surface area contributed by atoms with Crippen LogP contribution in [0.3, 0.4) is 0 Å². The summed E-state index contributed by atoms with van der Waals surface area (Å²) in [6.45, 7) is 6.90. The fourth-order valence-electron chi connectivity index (χ4n) is 2.69. The largest absolute Gasteiger partial charge is 0.0706 e. The molecule has 0 aromatic heterocycles. The average molecular weight is 214 g/mol. The summed E-state index contributed by atoms with van der Waals surface area (Å²) >= 11 is 0. The maximum Gasteiger partial charge on any atom is 0.00873 e. The van der Waals surface area contributed by atoms with Gasteiger partial charge in [-0.1, -0.05) is 64.0 Å². The Morgan fingerprint density at radius 3 is 2.56 bits per heavy atom. The second kappa shape index (κ2) is 4.45. The molecule has 0 radical (unpaired) electrons. The second-order valence-electron chi connectivity index (χ2n) is 5.39. The van der Waals surface area contributed by atoms with Crippen molar-refractivity contribution in [3.63, 3.8) is 0 Å². The van der Waals surface area contributed by atoms with Gasteiger partial charge in [-0.15, -0.1) is 0 Å². The summed E-state index contributed by atoms with van der Waals surface area (Å²) in [6.07, 6.45) is 7.69. The van der Waals surface area contributed by atoms with Crippen LogP contribution in [0.5, 0.6) is 0 Å². The zero-order valence-corrected chi connectivity index (χ0v) is 10.7. The first-order valence-electron chi connectivity index (χ1n) is 6.47. The number of hydrogen-bond donors (Lipinski definition) is 0. The quantitative estimate of drug-likeness (QED) is 0.623. The number of fused-ring (bicyclic) bond motifs is 1. The minimum atomic E-state index is 0.234. The zero-order valence-electron chi connectivity index (χ0n) is 10.7. The Labute approximate surface area is 99.4 Å². The molecular weight excluding hydrogens is 192 g/mol. The first kappa shape index (κ1) is 11.4. The summed E-state index contributed by atoms with van der Waals surface area (Å²) in [7, 11) is 0. The molecule has 86 valence electrons. The van der Waals surface area contributed by atoms with E-state index in [1.54, 1.807) is 5.57 Å². The van der Waals surface area contributed by atoms with E-state index in [-0.39, 0.29) is 5.41 Å². The van der Waals surface area contributed by atoms with Gasteiger partial charge in [-0.3, -0.25) is 0 Å². The molecule has 0 aliphatic heterocycles. The SMILES string of the molecule is CCCCCC1=CC(C)(C)c2ccccc21. The van der Waals surface area contributed by atoms with Gasteiger partial charge < -0.3 is 0 Å². The first-order valence-corrected chi connectivity index (χ1v) is 6.47. The Balaban J connectivity index is 2.21. The van der Waals surface area contributed by atoms with E-state index < -0.39 is 0 Å². The van der Waals surface area contributed by atoms with Crippen LogP contribution in [-0.2, 0) is 5.41 Å². The van der Waals surface area contributed by atoms with Crippen molar-refractivity contribution in [2.75, 3.05) is 0 Å². The number of unbranched alkanes of at least 4 members (excludes halogenated alkanes) is 2. The smallest absolute Gasteiger partial charge is 0.00873 e. The molecular formula is C16H22. The minimum Gasteiger partial charge on any atom is -0.0706 e. The van der Waals surface area contributed by atoms with Crippen LogP contribution < -0.4 is 0 Å². The molecule has 0 spiro atoms. The Morgan fingerprint density at radius 2 is 1.81 bits per heavy atom. The summed E-state index contributed by atoms with van der Waals surface area (Å²) < 4.78 is 0. The van der Waals surface area contributed by atoms with Gasteiger partial charge in [0.15, 0.2) is 0 Å². The molecule has 0 saturated heterocycles. The molecule has 0 saturated carbocycles. The molecule has 1 aromatic rings. The normalized spacial score (nSPS) is 17.1. The molecule has 16 heavy (non-hydrogen) atoms. The highest BCUT2D eigenvalue weighted by atomic mass is 14.3. The van der Waals surface area contributed by atoms with E-state index in [9.17, 15) is 0 Å². The number of rotatable bonds is 4. The highest BCUT2D eigenvalue weighted by Gasteiger charge is 2.28. The van der Waals surface area contributed by atoms with Crippen molar-refractivity contribution in [1.29, 1.82) is 0 Å². The van der Waals surface area contributed by atoms with Crippen LogP contribution in [-0.4, -0.2) is 0 Å². The summed E-state index contributed by atoms with van der Waals surface area (Å²) in [4.78, 5) is 0. The topological polar surface area (TPSA) is 0 Å². The lowest BCUT2D eigenvalue weighted by atomic mass is 9.87. The molecule has 0 heterocycles. The predicted molar refractivity (Wildman–Crippen MR) is 71.6 cm³/mol. The lowest BCUT2D eigenvalue weighted by Crippen LogP contribution is -2.10. The van der Waals surface area contributed by atoms with E-state index >= 15 is 0 Å². The molecule has 1 aliphatic carbocycles. The van der Waals surface area contributed by atoms with Crippen LogP contribution in [0.15, 0.2) is 30.3 Å². The van der Waals surface area contributed by atoms with E-state index in [2.05, 4.69) is 51.1 Å². The van der Waals surface area contributed by atoms with Gasteiger partial charge >= 0.3 is 0 Å². The molecule has 0 fully saturated rings. The van der Waals surface area contributed by atoms with Gasteiger partial charge in [-0.2, -0.15) is 0 Å². The summed E-state index contributed by atoms with van der Waals surface area (Å²) in [5.74, 6) is 0. The maximum atomic E-state index is 2.47. The van der Waals surface area contributed by atoms with E-state index in [1.807, 2.05) is 0 Å². The molecule has 0 nitrogen and oxygen atoms in total. The molecule has 0 bridgehead atoms. The van der Waals surface area contributed by atoms with Crippen molar-refractivity contribution >= 4 is 5.57 Å². The monoisotopic (exact) mass is 214 g/mol. The lowest BCUT2D eigenvalue weighted by Gasteiger charge is -2.16. The molecule has 0 heteroatoms. The Bertz CT molecular complexity index is 396. The van der Waals surface area contributed by atoms with Crippen LogP contribution in [0.4, 0.5) is 0 Å². The molecule has 0 atom stereocenters. The second-order valence-corrected chi connectivity index (χ2v) is 5.39. The van der Waals surface area contributed by atoms with Gasteiger partial charge in [0.2, 0.25) is 0 Å². The van der Waals surface area contributed by atoms with Crippen molar-refractivity contribution in [3.05, 3.63) is 41.5 Å². The van der Waals surface area contributed by atoms with Crippen molar-refractivity contribution in [2.45, 2.75) is 51.9 Å². The first-order chi connectivity index (χ1) is 7.65. The van der Waals surface area contributed by atoms with Crippen LogP contribution in [0, 0.1) is 0 Å². The minimum absolute atomic E-state index is 0.234. The van der Waals surface area contributed by atoms with E-state index in [0.717, 1.165) is 0 Å². The molecule has 0 amide bonds. The fourth-order valence-corrected chi connectivity index (χ4v) is 2.69. The highest BCUT2D eigenvalue weighted by Crippen LogP contribution is 2.41. The van der Waals surface area contributed by atoms with E-state index in [0.29, 0.717) is 0 Å². The summed E-state index contributed by atoms with van der Waals surface area (Å²) in [6, 6.07) is 8.87. The Hall–Kier alpha value is -1.04. The molecule has 0 unspecified atom stereocenters. The maximum absolute atomic E-state index is 2.47. The highest BCUT2D eigenvalue weighted by molar-refractivity contribution is 5.76. The number of allylic oxidation sites excluding steroid dienone is 2. The van der Waals surface area contributed by atoms with Gasteiger partial charge in [0.25, 0.3) is 0 Å². The lowest BCUT2D eigenvalue weighted by molar-refractivity contribution is 0.681. The summed E-state index contributed by atoms with van der Waals surface area (Å²) in [5.41, 5.74) is 4.79. The third-order valence-corrected chi connectivity index (χ3v) is 3.55.